The number of rotatable bonds is 8. The number of carbonyl (C=O) groups is 3. The third-order valence-corrected chi connectivity index (χ3v) is 2.78. The van der Waals surface area contributed by atoms with Gasteiger partial charge in [-0.2, -0.15) is 35.7 Å². The Balaban J connectivity index is 7.37. The minimum atomic E-state index is -7.03. The van der Waals surface area contributed by atoms with E-state index in [0.717, 1.165) is 0 Å². The van der Waals surface area contributed by atoms with Crippen LogP contribution in [0.4, 0.5) is 39.6 Å². The highest BCUT2D eigenvalue weighted by molar-refractivity contribution is 5.98. The van der Waals surface area contributed by atoms with Crippen LogP contribution in [0.15, 0.2) is 11.9 Å². The third kappa shape index (κ3) is 2.65. The van der Waals surface area contributed by atoms with Gasteiger partial charge in [-0.1, -0.05) is 0 Å². The molecular formula is C9H3F9O7. The van der Waals surface area contributed by atoms with E-state index in [-0.39, 0.29) is 0 Å². The molecule has 0 spiro atoms. The zero-order valence-corrected chi connectivity index (χ0v) is 10.9. The van der Waals surface area contributed by atoms with E-state index in [1.54, 1.807) is 4.94 Å². The fourth-order valence-electron chi connectivity index (χ4n) is 1.56. The lowest BCUT2D eigenvalue weighted by Crippen LogP contribution is -2.77. The molecule has 0 amide bonds. The summed E-state index contributed by atoms with van der Waals surface area (Å²) in [6.07, 6.45) is -4.20. The van der Waals surface area contributed by atoms with Crippen LogP contribution in [0.1, 0.15) is 0 Å². The van der Waals surface area contributed by atoms with Gasteiger partial charge in [0.15, 0.2) is 0 Å². The van der Waals surface area contributed by atoms with Gasteiger partial charge in [0, 0.05) is 0 Å². The van der Waals surface area contributed by atoms with Crippen LogP contribution in [0.5, 0.6) is 0 Å². The van der Waals surface area contributed by atoms with Crippen molar-refractivity contribution in [2.24, 2.45) is 0 Å². The van der Waals surface area contributed by atoms with Crippen molar-refractivity contribution in [3.05, 3.63) is 11.9 Å². The molecule has 0 fully saturated rings. The number of allylic oxidation sites excluding steroid dienone is 1. The summed E-state index contributed by atoms with van der Waals surface area (Å²) in [4.78, 5) is 33.5. The van der Waals surface area contributed by atoms with Crippen molar-refractivity contribution in [1.29, 1.82) is 0 Å². The van der Waals surface area contributed by atoms with Crippen molar-refractivity contribution in [1.82, 2.24) is 0 Å². The molecule has 0 heterocycles. The van der Waals surface area contributed by atoms with Gasteiger partial charge in [0.05, 0.1) is 0 Å². The Bertz CT molecular complexity index is 629. The minimum Gasteiger partial charge on any atom is -0.479 e. The molecule has 0 aliphatic heterocycles. The Labute approximate surface area is 128 Å². The van der Waals surface area contributed by atoms with Crippen LogP contribution in [-0.2, 0) is 19.3 Å². The molecule has 0 aromatic carbocycles. The molecule has 2 unspecified atom stereocenters. The standard InChI is InChI=1S/C9H3F9O7/c10-1(2(11)12)8(14,15)6(13,3(19)20)7(25-18,4(21)22)9(16,17)5(23)24/h(H,19,20)(H,21,22)(H,23,24). The number of aliphatic carboxylic acids is 3. The van der Waals surface area contributed by atoms with Crippen molar-refractivity contribution >= 4 is 17.9 Å². The molecule has 3 N–H and O–H groups in total. The molecule has 0 bridgehead atoms. The monoisotopic (exact) mass is 394 g/mol. The number of carboxylic acid groups (broad SMARTS) is 3. The van der Waals surface area contributed by atoms with Crippen molar-refractivity contribution in [3.63, 3.8) is 0 Å². The fourth-order valence-corrected chi connectivity index (χ4v) is 1.56. The highest BCUT2D eigenvalue weighted by Gasteiger charge is 2.89. The first-order chi connectivity index (χ1) is 11.0. The molecule has 0 aliphatic carbocycles. The largest absolute Gasteiger partial charge is 0.479 e. The van der Waals surface area contributed by atoms with Crippen LogP contribution in [0, 0.1) is 0 Å². The zero-order valence-electron chi connectivity index (χ0n) is 10.9. The maximum atomic E-state index is 14.3. The Morgan fingerprint density at radius 1 is 0.720 bits per heavy atom. The number of halogens is 9. The zero-order chi connectivity index (χ0) is 20.6. The van der Waals surface area contributed by atoms with Gasteiger partial charge in [-0.3, -0.25) is 0 Å². The minimum absolute atomic E-state index is 1.77. The van der Waals surface area contributed by atoms with Crippen molar-refractivity contribution in [2.75, 3.05) is 0 Å². The summed E-state index contributed by atoms with van der Waals surface area (Å²) in [5.41, 5.74) is -13.4. The molecule has 0 saturated heterocycles. The van der Waals surface area contributed by atoms with Crippen LogP contribution >= 0.6 is 0 Å². The Morgan fingerprint density at radius 2 is 1.12 bits per heavy atom. The van der Waals surface area contributed by atoms with E-state index in [0.29, 0.717) is 0 Å². The predicted molar refractivity (Wildman–Crippen MR) is 51.9 cm³/mol. The van der Waals surface area contributed by atoms with Crippen molar-refractivity contribution < 1.29 is 74.3 Å². The summed E-state index contributed by atoms with van der Waals surface area (Å²) >= 11 is 0. The van der Waals surface area contributed by atoms with Crippen LogP contribution in [0.3, 0.4) is 0 Å². The summed E-state index contributed by atoms with van der Waals surface area (Å²) in [5, 5.41) is 24.8. The van der Waals surface area contributed by atoms with Crippen molar-refractivity contribution in [2.45, 2.75) is 23.1 Å². The van der Waals surface area contributed by atoms with E-state index in [2.05, 4.69) is 0 Å². The molecule has 0 aromatic rings. The summed E-state index contributed by atoms with van der Waals surface area (Å²) in [6, 6.07) is 0. The molecule has 7 nitrogen and oxygen atoms in total. The fraction of sp³-hybridized carbons (Fsp3) is 0.444. The van der Waals surface area contributed by atoms with Gasteiger partial charge < -0.3 is 15.3 Å². The molecule has 25 heavy (non-hydrogen) atoms. The molecule has 0 saturated carbocycles. The first-order valence-electron chi connectivity index (χ1n) is 5.15. The Kier molecular flexibility index (Phi) is 5.77. The Morgan fingerprint density at radius 3 is 1.32 bits per heavy atom. The van der Waals surface area contributed by atoms with Gasteiger partial charge in [-0.25, -0.2) is 18.8 Å². The van der Waals surface area contributed by atoms with Gasteiger partial charge in [-0.15, -0.1) is 0 Å². The Hall–Kier alpha value is -2.52. The molecule has 0 aliphatic rings. The maximum absolute atomic E-state index is 14.3. The normalized spacial score (nSPS) is 17.2. The lowest BCUT2D eigenvalue weighted by atomic mass is 9.74. The average molecular weight is 394 g/mol. The summed E-state index contributed by atoms with van der Waals surface area (Å²) < 4.78 is 117. The lowest BCUT2D eigenvalue weighted by Gasteiger charge is -2.40. The van der Waals surface area contributed by atoms with Crippen LogP contribution in [-0.4, -0.2) is 56.3 Å². The number of hydrogen-bond acceptors (Lipinski definition) is 4. The summed E-state index contributed by atoms with van der Waals surface area (Å²) in [5.74, 6) is -30.2. The molecule has 144 valence electrons. The van der Waals surface area contributed by atoms with E-state index in [9.17, 15) is 54.0 Å². The predicted octanol–water partition coefficient (Wildman–Crippen LogP) is 1.94. The van der Waals surface area contributed by atoms with Gasteiger partial charge in [-0.05, 0) is 4.53 Å². The summed E-state index contributed by atoms with van der Waals surface area (Å²) in [7, 11) is 0. The van der Waals surface area contributed by atoms with E-state index >= 15 is 0 Å². The van der Waals surface area contributed by atoms with Gasteiger partial charge in [0.2, 0.25) is 5.83 Å². The van der Waals surface area contributed by atoms with E-state index in [4.69, 9.17) is 15.3 Å². The molecule has 2 atom stereocenters. The molecule has 0 radical (unpaired) electrons. The molecule has 16 heteroatoms. The molecular weight excluding hydrogens is 391 g/mol. The highest BCUT2D eigenvalue weighted by Crippen LogP contribution is 2.54. The van der Waals surface area contributed by atoms with Crippen LogP contribution in [0.25, 0.3) is 0 Å². The second-order valence-corrected chi connectivity index (χ2v) is 4.06. The molecule has 0 rings (SSSR count). The lowest BCUT2D eigenvalue weighted by molar-refractivity contribution is -0.355. The second kappa shape index (κ2) is 6.41. The number of hydrogen-bond donors (Lipinski definition) is 3. The quantitative estimate of drug-likeness (QED) is 0.538. The van der Waals surface area contributed by atoms with Gasteiger partial charge in [0.25, 0.3) is 0 Å². The SMILES string of the molecule is O=C(O)C(F)(F)C(OF)(C(=O)O)C(F)(C(=O)O)C(F)(F)C(F)=C(F)F. The van der Waals surface area contributed by atoms with Gasteiger partial charge >= 0.3 is 47.1 Å². The van der Waals surface area contributed by atoms with Gasteiger partial charge in [0.1, 0.15) is 0 Å². The van der Waals surface area contributed by atoms with Crippen molar-refractivity contribution in [3.8, 4) is 0 Å². The first kappa shape index (κ1) is 22.5. The number of alkyl halides is 5. The summed E-state index contributed by atoms with van der Waals surface area (Å²) in [6.45, 7) is 0. The maximum Gasteiger partial charge on any atom is 0.389 e. The van der Waals surface area contributed by atoms with E-state index < -0.39 is 52.9 Å². The smallest absolute Gasteiger partial charge is 0.389 e. The highest BCUT2D eigenvalue weighted by atomic mass is 19.3. The number of carboxylic acids is 3. The van der Waals surface area contributed by atoms with Crippen LogP contribution in [0.2, 0.25) is 0 Å². The first-order valence-corrected chi connectivity index (χ1v) is 5.15. The third-order valence-electron chi connectivity index (χ3n) is 2.78. The van der Waals surface area contributed by atoms with E-state index in [1.165, 1.54) is 0 Å². The van der Waals surface area contributed by atoms with E-state index in [1.807, 2.05) is 0 Å². The average Bonchev–Trinajstić information content (AvgIpc) is 2.45. The second-order valence-electron chi connectivity index (χ2n) is 4.06. The topological polar surface area (TPSA) is 121 Å². The van der Waals surface area contributed by atoms with Crippen LogP contribution < -0.4 is 0 Å². The molecule has 0 aromatic heterocycles.